The molecule has 2 aromatic rings. The number of aryl methyl sites for hydroxylation is 2. The zero-order chi connectivity index (χ0) is 14.4. The maximum absolute atomic E-state index is 5.84. The van der Waals surface area contributed by atoms with Crippen molar-refractivity contribution in [3.05, 3.63) is 47.4 Å². The highest BCUT2D eigenvalue weighted by atomic mass is 16.5. The molecule has 0 unspecified atom stereocenters. The SMILES string of the molecule is CCCNCc1cc(C)nc(Oc2cccnc2C)c1. The van der Waals surface area contributed by atoms with Crippen LogP contribution in [0.1, 0.15) is 30.3 Å². The standard InChI is InChI=1S/C16H21N3O/c1-4-7-17-11-14-9-12(2)19-16(10-14)20-15-6-5-8-18-13(15)3/h5-6,8-10,17H,4,7,11H2,1-3H3. The van der Waals surface area contributed by atoms with Crippen LogP contribution in [0.3, 0.4) is 0 Å². The molecule has 0 aromatic carbocycles. The molecule has 4 nitrogen and oxygen atoms in total. The average molecular weight is 271 g/mol. The number of ether oxygens (including phenoxy) is 1. The van der Waals surface area contributed by atoms with Crippen LogP contribution < -0.4 is 10.1 Å². The van der Waals surface area contributed by atoms with Gasteiger partial charge in [0.1, 0.15) is 0 Å². The molecule has 0 aliphatic heterocycles. The van der Waals surface area contributed by atoms with Crippen molar-refractivity contribution in [2.75, 3.05) is 6.54 Å². The highest BCUT2D eigenvalue weighted by Gasteiger charge is 2.05. The van der Waals surface area contributed by atoms with E-state index in [1.807, 2.05) is 32.0 Å². The molecular formula is C16H21N3O. The Morgan fingerprint density at radius 1 is 1.25 bits per heavy atom. The predicted molar refractivity (Wildman–Crippen MR) is 80.0 cm³/mol. The van der Waals surface area contributed by atoms with Gasteiger partial charge in [0, 0.05) is 24.5 Å². The van der Waals surface area contributed by atoms with Gasteiger partial charge in [0.05, 0.1) is 5.69 Å². The maximum atomic E-state index is 5.84. The first-order valence-corrected chi connectivity index (χ1v) is 6.97. The van der Waals surface area contributed by atoms with Gasteiger partial charge in [-0.3, -0.25) is 4.98 Å². The third kappa shape index (κ3) is 4.03. The van der Waals surface area contributed by atoms with E-state index in [0.29, 0.717) is 5.88 Å². The van der Waals surface area contributed by atoms with Crippen LogP contribution in [0, 0.1) is 13.8 Å². The number of nitrogens with one attached hydrogen (secondary N) is 1. The summed E-state index contributed by atoms with van der Waals surface area (Å²) in [5, 5.41) is 3.39. The molecule has 0 aliphatic rings. The van der Waals surface area contributed by atoms with Gasteiger partial charge in [0.15, 0.2) is 5.75 Å². The summed E-state index contributed by atoms with van der Waals surface area (Å²) in [5.74, 6) is 1.37. The van der Waals surface area contributed by atoms with Crippen molar-refractivity contribution in [2.45, 2.75) is 33.7 Å². The summed E-state index contributed by atoms with van der Waals surface area (Å²) in [6.45, 7) is 7.91. The van der Waals surface area contributed by atoms with E-state index in [4.69, 9.17) is 4.74 Å². The number of hydrogen-bond donors (Lipinski definition) is 1. The Bertz CT molecular complexity index is 569. The molecule has 106 valence electrons. The van der Waals surface area contributed by atoms with Crippen LogP contribution in [0.4, 0.5) is 0 Å². The quantitative estimate of drug-likeness (QED) is 0.818. The summed E-state index contributed by atoms with van der Waals surface area (Å²) < 4.78 is 5.84. The van der Waals surface area contributed by atoms with E-state index in [1.54, 1.807) is 6.20 Å². The van der Waals surface area contributed by atoms with Gasteiger partial charge in [0.25, 0.3) is 0 Å². The summed E-state index contributed by atoms with van der Waals surface area (Å²) in [6, 6.07) is 7.82. The lowest BCUT2D eigenvalue weighted by Crippen LogP contribution is -2.14. The smallest absolute Gasteiger partial charge is 0.219 e. The third-order valence-electron chi connectivity index (χ3n) is 2.92. The molecule has 4 heteroatoms. The second kappa shape index (κ2) is 7.01. The molecule has 0 atom stereocenters. The number of aromatic nitrogens is 2. The number of pyridine rings is 2. The maximum Gasteiger partial charge on any atom is 0.219 e. The van der Waals surface area contributed by atoms with Gasteiger partial charge in [0.2, 0.25) is 5.88 Å². The summed E-state index contributed by atoms with van der Waals surface area (Å²) in [5.41, 5.74) is 3.00. The van der Waals surface area contributed by atoms with Crippen LogP contribution in [0.2, 0.25) is 0 Å². The van der Waals surface area contributed by atoms with Crippen molar-refractivity contribution in [2.24, 2.45) is 0 Å². The Morgan fingerprint density at radius 2 is 2.10 bits per heavy atom. The van der Waals surface area contributed by atoms with Crippen molar-refractivity contribution < 1.29 is 4.74 Å². The first-order chi connectivity index (χ1) is 9.69. The fourth-order valence-corrected chi connectivity index (χ4v) is 1.96. The van der Waals surface area contributed by atoms with Crippen molar-refractivity contribution in [3.63, 3.8) is 0 Å². The molecule has 0 saturated carbocycles. The molecule has 20 heavy (non-hydrogen) atoms. The number of hydrogen-bond acceptors (Lipinski definition) is 4. The Kier molecular flexibility index (Phi) is 5.07. The third-order valence-corrected chi connectivity index (χ3v) is 2.92. The van der Waals surface area contributed by atoms with Gasteiger partial charge in [-0.05, 0) is 50.6 Å². The van der Waals surface area contributed by atoms with Crippen LogP contribution in [-0.4, -0.2) is 16.5 Å². The van der Waals surface area contributed by atoms with E-state index < -0.39 is 0 Å². The van der Waals surface area contributed by atoms with Crippen LogP contribution in [0.5, 0.6) is 11.6 Å². The van der Waals surface area contributed by atoms with Crippen molar-refractivity contribution in [1.29, 1.82) is 0 Å². The number of nitrogens with zero attached hydrogens (tertiary/aromatic N) is 2. The first kappa shape index (κ1) is 14.5. The molecule has 2 rings (SSSR count). The molecular weight excluding hydrogens is 250 g/mol. The zero-order valence-electron chi connectivity index (χ0n) is 12.3. The van der Waals surface area contributed by atoms with Crippen LogP contribution >= 0.6 is 0 Å². The van der Waals surface area contributed by atoms with E-state index in [1.165, 1.54) is 5.56 Å². The highest BCUT2D eigenvalue weighted by molar-refractivity contribution is 5.32. The molecule has 1 N–H and O–H groups in total. The topological polar surface area (TPSA) is 47.0 Å². The second-order valence-electron chi connectivity index (χ2n) is 4.82. The van der Waals surface area contributed by atoms with Gasteiger partial charge in [-0.2, -0.15) is 0 Å². The van der Waals surface area contributed by atoms with Gasteiger partial charge in [-0.15, -0.1) is 0 Å². The Hall–Kier alpha value is -1.94. The largest absolute Gasteiger partial charge is 0.437 e. The van der Waals surface area contributed by atoms with Gasteiger partial charge in [-0.25, -0.2) is 4.98 Å². The minimum atomic E-state index is 0.620. The Morgan fingerprint density at radius 3 is 2.85 bits per heavy atom. The van der Waals surface area contributed by atoms with E-state index in [9.17, 15) is 0 Å². The molecule has 2 heterocycles. The van der Waals surface area contributed by atoms with E-state index in [0.717, 1.165) is 36.6 Å². The van der Waals surface area contributed by atoms with Gasteiger partial charge in [-0.1, -0.05) is 6.92 Å². The molecule has 0 saturated heterocycles. The Labute approximate surface area is 120 Å². The molecule has 0 aliphatic carbocycles. The molecule has 0 radical (unpaired) electrons. The van der Waals surface area contributed by atoms with E-state index in [-0.39, 0.29) is 0 Å². The lowest BCUT2D eigenvalue weighted by atomic mass is 10.2. The molecule has 0 fully saturated rings. The van der Waals surface area contributed by atoms with Gasteiger partial charge < -0.3 is 10.1 Å². The highest BCUT2D eigenvalue weighted by Crippen LogP contribution is 2.22. The fourth-order valence-electron chi connectivity index (χ4n) is 1.96. The summed E-state index contributed by atoms with van der Waals surface area (Å²) in [6.07, 6.45) is 2.88. The normalized spacial score (nSPS) is 10.6. The monoisotopic (exact) mass is 271 g/mol. The summed E-state index contributed by atoms with van der Waals surface area (Å²) in [4.78, 5) is 8.64. The fraction of sp³-hybridized carbons (Fsp3) is 0.375. The summed E-state index contributed by atoms with van der Waals surface area (Å²) >= 11 is 0. The lowest BCUT2D eigenvalue weighted by Gasteiger charge is -2.10. The van der Waals surface area contributed by atoms with Crippen molar-refractivity contribution in [1.82, 2.24) is 15.3 Å². The molecule has 0 amide bonds. The number of rotatable bonds is 6. The van der Waals surface area contributed by atoms with Crippen LogP contribution in [-0.2, 0) is 6.54 Å². The van der Waals surface area contributed by atoms with Crippen molar-refractivity contribution >= 4 is 0 Å². The lowest BCUT2D eigenvalue weighted by molar-refractivity contribution is 0.454. The van der Waals surface area contributed by atoms with Crippen molar-refractivity contribution in [3.8, 4) is 11.6 Å². The first-order valence-electron chi connectivity index (χ1n) is 6.97. The molecule has 2 aromatic heterocycles. The second-order valence-corrected chi connectivity index (χ2v) is 4.82. The predicted octanol–water partition coefficient (Wildman–Crippen LogP) is 3.39. The minimum absolute atomic E-state index is 0.620. The molecule has 0 spiro atoms. The molecule has 0 bridgehead atoms. The Balaban J connectivity index is 2.13. The van der Waals surface area contributed by atoms with E-state index in [2.05, 4.69) is 28.3 Å². The van der Waals surface area contributed by atoms with Gasteiger partial charge >= 0.3 is 0 Å². The van der Waals surface area contributed by atoms with Crippen LogP contribution in [0.25, 0.3) is 0 Å². The van der Waals surface area contributed by atoms with Crippen LogP contribution in [0.15, 0.2) is 30.5 Å². The minimum Gasteiger partial charge on any atom is -0.437 e. The average Bonchev–Trinajstić information content (AvgIpc) is 2.41. The van der Waals surface area contributed by atoms with E-state index >= 15 is 0 Å². The summed E-state index contributed by atoms with van der Waals surface area (Å²) in [7, 11) is 0. The zero-order valence-corrected chi connectivity index (χ0v) is 12.3.